The minimum Gasteiger partial charge on any atom is -0.359 e. The summed E-state index contributed by atoms with van der Waals surface area (Å²) in [6, 6.07) is 4.19. The highest BCUT2D eigenvalue weighted by Gasteiger charge is 2.20. The highest BCUT2D eigenvalue weighted by molar-refractivity contribution is 6.15. The van der Waals surface area contributed by atoms with Gasteiger partial charge in [0.25, 0.3) is 0 Å². The number of nitrogens with zero attached hydrogens (tertiary/aromatic N) is 1. The molecule has 0 saturated heterocycles. The Bertz CT molecular complexity index is 838. The fraction of sp³-hybridized carbons (Fsp3) is 0.316. The van der Waals surface area contributed by atoms with Gasteiger partial charge < -0.3 is 9.97 Å². The molecule has 114 valence electrons. The second-order valence-electron chi connectivity index (χ2n) is 6.21. The maximum atomic E-state index is 4.86. The van der Waals surface area contributed by atoms with Crippen molar-refractivity contribution in [3.63, 3.8) is 0 Å². The zero-order chi connectivity index (χ0) is 16.0. The molecule has 3 rings (SSSR count). The fourth-order valence-electron chi connectivity index (χ4n) is 2.86. The smallest absolute Gasteiger partial charge is 0.0904 e. The molecule has 22 heavy (non-hydrogen) atoms. The van der Waals surface area contributed by atoms with Gasteiger partial charge in [-0.05, 0) is 82.0 Å². The van der Waals surface area contributed by atoms with E-state index in [9.17, 15) is 0 Å². The van der Waals surface area contributed by atoms with Crippen molar-refractivity contribution in [2.24, 2.45) is 4.99 Å². The number of aryl methyl sites for hydroxylation is 2. The number of rotatable bonds is 2. The van der Waals surface area contributed by atoms with Crippen molar-refractivity contribution in [1.82, 2.24) is 9.97 Å². The van der Waals surface area contributed by atoms with E-state index >= 15 is 0 Å². The third-order valence-electron chi connectivity index (χ3n) is 4.75. The molecule has 3 heteroatoms. The number of aliphatic imine (C=N–C) groups is 1. The summed E-state index contributed by atoms with van der Waals surface area (Å²) in [6.45, 7) is 12.8. The number of hydrogen-bond donors (Lipinski definition) is 2. The number of aromatic nitrogens is 2. The van der Waals surface area contributed by atoms with Crippen molar-refractivity contribution < 1.29 is 0 Å². The van der Waals surface area contributed by atoms with E-state index < -0.39 is 0 Å². The SMILES string of the molecule is CC1=C(C)/C(=C/c2[nH]c(C)c(C)c2C)N=C1c1ccc(C)[nH]1. The lowest BCUT2D eigenvalue weighted by atomic mass is 10.0. The van der Waals surface area contributed by atoms with Crippen LogP contribution < -0.4 is 0 Å². The van der Waals surface area contributed by atoms with E-state index in [0.29, 0.717) is 0 Å². The van der Waals surface area contributed by atoms with Crippen molar-refractivity contribution in [3.8, 4) is 0 Å². The van der Waals surface area contributed by atoms with Gasteiger partial charge in [-0.1, -0.05) is 0 Å². The van der Waals surface area contributed by atoms with Crippen molar-refractivity contribution in [1.29, 1.82) is 0 Å². The van der Waals surface area contributed by atoms with Crippen molar-refractivity contribution in [3.05, 3.63) is 62.9 Å². The van der Waals surface area contributed by atoms with Crippen LogP contribution >= 0.6 is 0 Å². The van der Waals surface area contributed by atoms with Crippen LogP contribution in [-0.4, -0.2) is 15.7 Å². The summed E-state index contributed by atoms with van der Waals surface area (Å²) in [5, 5.41) is 0. The van der Waals surface area contributed by atoms with Gasteiger partial charge in [0, 0.05) is 17.1 Å². The molecule has 3 nitrogen and oxygen atoms in total. The molecule has 1 aliphatic heterocycles. The van der Waals surface area contributed by atoms with E-state index in [1.165, 1.54) is 28.0 Å². The molecule has 0 atom stereocenters. The molecular formula is C19H23N3. The number of nitrogens with one attached hydrogen (secondary N) is 2. The first kappa shape index (κ1) is 14.6. The van der Waals surface area contributed by atoms with E-state index in [1.54, 1.807) is 0 Å². The van der Waals surface area contributed by atoms with Crippen LogP contribution in [0.3, 0.4) is 0 Å². The van der Waals surface area contributed by atoms with Gasteiger partial charge >= 0.3 is 0 Å². The van der Waals surface area contributed by atoms with E-state index in [-0.39, 0.29) is 0 Å². The molecule has 2 aromatic rings. The largest absolute Gasteiger partial charge is 0.359 e. The van der Waals surface area contributed by atoms with E-state index in [2.05, 4.69) is 69.7 Å². The third kappa shape index (κ3) is 2.27. The minimum absolute atomic E-state index is 1.05. The van der Waals surface area contributed by atoms with Gasteiger partial charge in [0.05, 0.1) is 17.1 Å². The summed E-state index contributed by atoms with van der Waals surface area (Å²) in [5.41, 5.74) is 11.8. The Labute approximate surface area is 131 Å². The average Bonchev–Trinajstić information content (AvgIpc) is 3.09. The van der Waals surface area contributed by atoms with Crippen LogP contribution in [0.1, 0.15) is 47.8 Å². The summed E-state index contributed by atoms with van der Waals surface area (Å²) < 4.78 is 0. The van der Waals surface area contributed by atoms with Crippen molar-refractivity contribution in [2.75, 3.05) is 0 Å². The van der Waals surface area contributed by atoms with Crippen LogP contribution in [0.15, 0.2) is 34.0 Å². The highest BCUT2D eigenvalue weighted by atomic mass is 14.9. The van der Waals surface area contributed by atoms with Gasteiger partial charge in [-0.15, -0.1) is 0 Å². The quantitative estimate of drug-likeness (QED) is 0.802. The number of H-pyrrole nitrogens is 2. The second-order valence-corrected chi connectivity index (χ2v) is 6.21. The standard InChI is InChI=1S/C19H23N3/c1-10-7-8-16(20-10)19-14(5)13(4)18(22-19)9-17-12(3)11(2)15(6)21-17/h7-9,20-21H,1-6H3/b18-9-. The van der Waals surface area contributed by atoms with Crippen molar-refractivity contribution in [2.45, 2.75) is 41.5 Å². The molecule has 2 N–H and O–H groups in total. The summed E-state index contributed by atoms with van der Waals surface area (Å²) in [6.07, 6.45) is 2.16. The predicted molar refractivity (Wildman–Crippen MR) is 93.4 cm³/mol. The summed E-state index contributed by atoms with van der Waals surface area (Å²) in [5.74, 6) is 0. The molecule has 0 saturated carbocycles. The van der Waals surface area contributed by atoms with Crippen LogP contribution in [0.5, 0.6) is 0 Å². The second kappa shape index (κ2) is 5.16. The molecular weight excluding hydrogens is 270 g/mol. The zero-order valence-electron chi connectivity index (χ0n) is 14.2. The monoisotopic (exact) mass is 293 g/mol. The molecule has 0 aromatic carbocycles. The van der Waals surface area contributed by atoms with Gasteiger partial charge in [-0.3, -0.25) is 0 Å². The Morgan fingerprint density at radius 1 is 0.864 bits per heavy atom. The third-order valence-corrected chi connectivity index (χ3v) is 4.75. The Morgan fingerprint density at radius 3 is 2.14 bits per heavy atom. The molecule has 0 bridgehead atoms. The molecule has 0 fully saturated rings. The van der Waals surface area contributed by atoms with Crippen molar-refractivity contribution >= 4 is 11.8 Å². The Hall–Kier alpha value is -2.29. The Morgan fingerprint density at radius 2 is 1.59 bits per heavy atom. The summed E-state index contributed by atoms with van der Waals surface area (Å²) >= 11 is 0. The minimum atomic E-state index is 1.05. The van der Waals surface area contributed by atoms with E-state index in [0.717, 1.165) is 28.5 Å². The van der Waals surface area contributed by atoms with Gasteiger partial charge in [0.2, 0.25) is 0 Å². The molecule has 0 aliphatic carbocycles. The maximum Gasteiger partial charge on any atom is 0.0904 e. The topological polar surface area (TPSA) is 43.9 Å². The molecule has 0 unspecified atom stereocenters. The normalized spacial score (nSPS) is 16.8. The highest BCUT2D eigenvalue weighted by Crippen LogP contribution is 2.30. The van der Waals surface area contributed by atoms with Gasteiger partial charge in [0.1, 0.15) is 0 Å². The molecule has 2 aromatic heterocycles. The van der Waals surface area contributed by atoms with Crippen LogP contribution in [0, 0.1) is 27.7 Å². The first-order valence-electron chi connectivity index (χ1n) is 7.69. The van der Waals surface area contributed by atoms with E-state index in [1.807, 2.05) is 0 Å². The first-order valence-corrected chi connectivity index (χ1v) is 7.69. The van der Waals surface area contributed by atoms with Crippen LogP contribution in [0.25, 0.3) is 6.08 Å². The van der Waals surface area contributed by atoms with Gasteiger partial charge in [-0.25, -0.2) is 4.99 Å². The van der Waals surface area contributed by atoms with Gasteiger partial charge in [0.15, 0.2) is 0 Å². The number of aromatic amines is 2. The lowest BCUT2D eigenvalue weighted by Crippen LogP contribution is -2.00. The molecule has 1 aliphatic rings. The number of hydrogen-bond acceptors (Lipinski definition) is 1. The first-order chi connectivity index (χ1) is 10.4. The Balaban J connectivity index is 2.07. The molecule has 0 amide bonds. The molecule has 0 radical (unpaired) electrons. The van der Waals surface area contributed by atoms with E-state index in [4.69, 9.17) is 4.99 Å². The van der Waals surface area contributed by atoms with Gasteiger partial charge in [-0.2, -0.15) is 0 Å². The predicted octanol–water partition coefficient (Wildman–Crippen LogP) is 4.76. The summed E-state index contributed by atoms with van der Waals surface area (Å²) in [7, 11) is 0. The van der Waals surface area contributed by atoms with Crippen LogP contribution in [0.2, 0.25) is 0 Å². The van der Waals surface area contributed by atoms with Crippen LogP contribution in [-0.2, 0) is 0 Å². The number of allylic oxidation sites excluding steroid dienone is 2. The lowest BCUT2D eigenvalue weighted by molar-refractivity contribution is 1.21. The average molecular weight is 293 g/mol. The summed E-state index contributed by atoms with van der Waals surface area (Å²) in [4.78, 5) is 11.7. The molecule has 0 spiro atoms. The zero-order valence-corrected chi connectivity index (χ0v) is 14.2. The maximum absolute atomic E-state index is 4.86. The van der Waals surface area contributed by atoms with Crippen LogP contribution in [0.4, 0.5) is 0 Å². The fourth-order valence-corrected chi connectivity index (χ4v) is 2.86. The lowest BCUT2D eigenvalue weighted by Gasteiger charge is -1.99. The molecule has 3 heterocycles. The Kier molecular flexibility index (Phi) is 3.44.